The highest BCUT2D eigenvalue weighted by Crippen LogP contribution is 2.37. The maximum absolute atomic E-state index is 12.9. The van der Waals surface area contributed by atoms with Crippen molar-refractivity contribution in [3.8, 4) is 5.75 Å². The van der Waals surface area contributed by atoms with Gasteiger partial charge in [0.05, 0.1) is 29.1 Å². The number of aliphatic imine (C=N–C) groups is 1. The van der Waals surface area contributed by atoms with Gasteiger partial charge < -0.3 is 25.1 Å². The lowest BCUT2D eigenvalue weighted by molar-refractivity contribution is -0.153. The van der Waals surface area contributed by atoms with Gasteiger partial charge in [0.25, 0.3) is 0 Å². The number of nitrogens with one attached hydrogen (secondary N) is 5. The second-order valence-corrected chi connectivity index (χ2v) is 9.70. The molecule has 2 atom stereocenters. The summed E-state index contributed by atoms with van der Waals surface area (Å²) in [5.74, 6) is -0.179. The Kier molecular flexibility index (Phi) is 7.39. The number of ether oxygens (including phenoxy) is 2. The molecule has 5 N–H and O–H groups in total. The highest BCUT2D eigenvalue weighted by atomic mass is 35.5. The summed E-state index contributed by atoms with van der Waals surface area (Å²) in [6.45, 7) is 3.57. The van der Waals surface area contributed by atoms with Crippen molar-refractivity contribution in [1.82, 2.24) is 20.9 Å². The number of hydrogen-bond acceptors (Lipinski definition) is 7. The van der Waals surface area contributed by atoms with Gasteiger partial charge in [-0.1, -0.05) is 11.6 Å². The average Bonchev–Trinajstić information content (AvgIpc) is 3.24. The van der Waals surface area contributed by atoms with E-state index in [1.54, 1.807) is 18.5 Å². The first-order chi connectivity index (χ1) is 17.0. The van der Waals surface area contributed by atoms with E-state index in [4.69, 9.17) is 21.3 Å². The number of anilines is 1. The summed E-state index contributed by atoms with van der Waals surface area (Å²) in [6.07, 6.45) is -0.654. The summed E-state index contributed by atoms with van der Waals surface area (Å²) < 4.78 is 48.4. The Morgan fingerprint density at radius 1 is 1.33 bits per heavy atom. The number of methoxy groups -OCH3 is 1. The number of nitrogens with zero attached hydrogens (tertiary/aromatic N) is 1. The number of fused-ring (bicyclic) bond motifs is 1. The third-order valence-corrected chi connectivity index (χ3v) is 6.34. The molecule has 196 valence electrons. The van der Waals surface area contributed by atoms with Crippen LogP contribution in [0.15, 0.2) is 34.6 Å². The molecule has 3 heterocycles. The largest absolute Gasteiger partial charge is 0.480 e. The van der Waals surface area contributed by atoms with Gasteiger partial charge in [0.2, 0.25) is 0 Å². The zero-order chi connectivity index (χ0) is 26.1. The Labute approximate surface area is 210 Å². The van der Waals surface area contributed by atoms with Crippen molar-refractivity contribution in [2.75, 3.05) is 25.6 Å². The first kappa shape index (κ1) is 26.1. The Morgan fingerprint density at radius 3 is 2.78 bits per heavy atom. The number of alkyl halides is 3. The molecule has 0 bridgehead atoms. The van der Waals surface area contributed by atoms with Gasteiger partial charge in [-0.05, 0) is 38.8 Å². The highest BCUT2D eigenvalue weighted by molar-refractivity contribution is 6.47. The molecule has 1 fully saturated rings. The van der Waals surface area contributed by atoms with Crippen molar-refractivity contribution in [3.63, 3.8) is 0 Å². The lowest BCUT2D eigenvalue weighted by atomic mass is 9.91. The van der Waals surface area contributed by atoms with E-state index in [0.717, 1.165) is 26.5 Å². The van der Waals surface area contributed by atoms with Crippen LogP contribution in [0.5, 0.6) is 5.75 Å². The van der Waals surface area contributed by atoms with Crippen molar-refractivity contribution in [3.05, 3.63) is 35.1 Å². The molecule has 1 aromatic carbocycles. The highest BCUT2D eigenvalue weighted by Gasteiger charge is 2.31. The Balaban J connectivity index is 1.64. The van der Waals surface area contributed by atoms with Crippen LogP contribution in [-0.4, -0.2) is 61.1 Å². The summed E-state index contributed by atoms with van der Waals surface area (Å²) >= 11 is 6.46. The fourth-order valence-corrected chi connectivity index (χ4v) is 4.37. The normalized spacial score (nSPS) is 21.9. The number of piperidine rings is 1. The molecule has 2 unspecified atom stereocenters. The summed E-state index contributed by atoms with van der Waals surface area (Å²) in [5, 5.41) is 13.3. The number of aromatic amines is 1. The number of rotatable bonds is 6. The van der Waals surface area contributed by atoms with E-state index in [-0.39, 0.29) is 28.5 Å². The third-order valence-electron chi connectivity index (χ3n) is 6.06. The van der Waals surface area contributed by atoms with Crippen LogP contribution < -0.4 is 26.0 Å². The van der Waals surface area contributed by atoms with E-state index in [1.807, 2.05) is 0 Å². The molecule has 1 amide bonds. The van der Waals surface area contributed by atoms with Gasteiger partial charge in [0.15, 0.2) is 18.6 Å². The molecule has 9 nitrogen and oxygen atoms in total. The Morgan fingerprint density at radius 2 is 2.11 bits per heavy atom. The van der Waals surface area contributed by atoms with Crippen LogP contribution in [0.1, 0.15) is 32.3 Å². The molecule has 1 aromatic heterocycles. The SMILES string of the molecule is COC(=O)Nc1ccc2c(C3=NC(NC4CCC(C)(C)NC4)NC=C3Cl)c[nH]c2c1OCC(F)(F)F. The van der Waals surface area contributed by atoms with E-state index < -0.39 is 25.2 Å². The van der Waals surface area contributed by atoms with Crippen molar-refractivity contribution < 1.29 is 27.4 Å². The van der Waals surface area contributed by atoms with Gasteiger partial charge in [0, 0.05) is 41.5 Å². The number of halogens is 4. The van der Waals surface area contributed by atoms with Crippen molar-refractivity contribution in [1.29, 1.82) is 0 Å². The van der Waals surface area contributed by atoms with Crippen LogP contribution >= 0.6 is 11.6 Å². The number of H-pyrrole nitrogens is 1. The summed E-state index contributed by atoms with van der Waals surface area (Å²) in [6, 6.07) is 3.27. The van der Waals surface area contributed by atoms with E-state index in [0.29, 0.717) is 21.7 Å². The standard InChI is InChI=1S/C23H28ClF3N6O3/c1-22(2)7-6-12(8-30-22)31-20-29-10-15(24)17(33-20)14-9-28-18-13(14)4-5-16(32-21(34)35-3)19(18)36-11-23(25,26)27/h4-5,9-10,12,20,28-31H,6-8,11H2,1-3H3,(H,32,34). The number of carbonyl (C=O) groups is 1. The topological polar surface area (TPSA) is 112 Å². The maximum atomic E-state index is 12.9. The summed E-state index contributed by atoms with van der Waals surface area (Å²) in [5.41, 5.74) is 1.39. The zero-order valence-corrected chi connectivity index (χ0v) is 20.7. The minimum atomic E-state index is -4.58. The van der Waals surface area contributed by atoms with Crippen molar-refractivity contribution in [2.24, 2.45) is 4.99 Å². The molecule has 0 spiro atoms. The fourth-order valence-electron chi connectivity index (χ4n) is 4.15. The van der Waals surface area contributed by atoms with Crippen LogP contribution in [0.3, 0.4) is 0 Å². The molecule has 2 aromatic rings. The van der Waals surface area contributed by atoms with Gasteiger partial charge in [0.1, 0.15) is 0 Å². The second-order valence-electron chi connectivity index (χ2n) is 9.29. The molecule has 2 aliphatic rings. The van der Waals surface area contributed by atoms with Crippen LogP contribution in [0, 0.1) is 0 Å². The number of amides is 1. The minimum absolute atomic E-state index is 0.0214. The van der Waals surface area contributed by atoms with Crippen LogP contribution in [-0.2, 0) is 4.74 Å². The smallest absolute Gasteiger partial charge is 0.422 e. The fraction of sp³-hybridized carbons (Fsp3) is 0.478. The molecule has 13 heteroatoms. The van der Waals surface area contributed by atoms with Crippen LogP contribution in [0.2, 0.25) is 0 Å². The van der Waals surface area contributed by atoms with Crippen LogP contribution in [0.25, 0.3) is 10.9 Å². The summed E-state index contributed by atoms with van der Waals surface area (Å²) in [7, 11) is 1.15. The molecule has 0 aliphatic carbocycles. The molecule has 4 rings (SSSR count). The Hall–Kier alpha value is -2.96. The predicted molar refractivity (Wildman–Crippen MR) is 132 cm³/mol. The predicted octanol–water partition coefficient (Wildman–Crippen LogP) is 4.16. The molecule has 2 aliphatic heterocycles. The zero-order valence-electron chi connectivity index (χ0n) is 20.0. The summed E-state index contributed by atoms with van der Waals surface area (Å²) in [4.78, 5) is 19.4. The van der Waals surface area contributed by atoms with Gasteiger partial charge in [-0.2, -0.15) is 13.2 Å². The van der Waals surface area contributed by atoms with E-state index >= 15 is 0 Å². The van der Waals surface area contributed by atoms with E-state index in [2.05, 4.69) is 44.8 Å². The van der Waals surface area contributed by atoms with Crippen LogP contribution in [0.4, 0.5) is 23.7 Å². The molecule has 1 saturated heterocycles. The number of allylic oxidation sites excluding steroid dienone is 1. The monoisotopic (exact) mass is 528 g/mol. The quantitative estimate of drug-likeness (QED) is 0.385. The molecule has 0 radical (unpaired) electrons. The molecular formula is C23H28ClF3N6O3. The van der Waals surface area contributed by atoms with Gasteiger partial charge >= 0.3 is 12.3 Å². The minimum Gasteiger partial charge on any atom is -0.480 e. The number of benzene rings is 1. The third kappa shape index (κ3) is 6.05. The Bertz CT molecular complexity index is 1180. The number of carbonyl (C=O) groups excluding carboxylic acids is 1. The molecule has 0 saturated carbocycles. The van der Waals surface area contributed by atoms with Gasteiger partial charge in [-0.25, -0.2) is 9.79 Å². The first-order valence-electron chi connectivity index (χ1n) is 11.4. The number of aromatic nitrogens is 1. The average molecular weight is 529 g/mol. The lowest BCUT2D eigenvalue weighted by Crippen LogP contribution is -2.56. The van der Waals surface area contributed by atoms with Gasteiger partial charge in [-0.15, -0.1) is 0 Å². The molecular weight excluding hydrogens is 501 g/mol. The second kappa shape index (κ2) is 10.2. The van der Waals surface area contributed by atoms with Gasteiger partial charge in [-0.3, -0.25) is 10.6 Å². The molecule has 36 heavy (non-hydrogen) atoms. The van der Waals surface area contributed by atoms with E-state index in [1.165, 1.54) is 6.07 Å². The van der Waals surface area contributed by atoms with Crippen molar-refractivity contribution in [2.45, 2.75) is 50.7 Å². The first-order valence-corrected chi connectivity index (χ1v) is 11.7. The lowest BCUT2D eigenvalue weighted by Gasteiger charge is -2.37. The van der Waals surface area contributed by atoms with E-state index in [9.17, 15) is 18.0 Å². The van der Waals surface area contributed by atoms with Crippen molar-refractivity contribution >= 4 is 40.0 Å². The number of hydrogen-bond donors (Lipinski definition) is 5. The maximum Gasteiger partial charge on any atom is 0.422 e.